The Hall–Kier alpha value is -3.33. The Morgan fingerprint density at radius 2 is 1.50 bits per heavy atom. The van der Waals surface area contributed by atoms with Crippen LogP contribution in [0, 0.1) is 0 Å². The van der Waals surface area contributed by atoms with Crippen LogP contribution in [0.4, 0.5) is 5.69 Å². The molecule has 0 spiro atoms. The molecule has 2 heterocycles. The molecule has 9 heteroatoms. The Balaban J connectivity index is 1.45. The Morgan fingerprint density at radius 3 is 2.17 bits per heavy atom. The molecule has 36 heavy (non-hydrogen) atoms. The van der Waals surface area contributed by atoms with Crippen molar-refractivity contribution in [1.82, 2.24) is 25.1 Å². The SMILES string of the molecule is COc1ccc(N2CCN([C@H](c3ccc(OC)cc3OC)c3nnnn3C3CCCCC3)CC2)cc1. The highest BCUT2D eigenvalue weighted by molar-refractivity contribution is 5.50. The van der Waals surface area contributed by atoms with Gasteiger partial charge in [-0.05, 0) is 59.7 Å². The first-order valence-corrected chi connectivity index (χ1v) is 12.8. The molecule has 192 valence electrons. The van der Waals surface area contributed by atoms with E-state index in [1.165, 1.54) is 24.9 Å². The van der Waals surface area contributed by atoms with Crippen LogP contribution in [0.1, 0.15) is 55.6 Å². The van der Waals surface area contributed by atoms with Crippen molar-refractivity contribution in [3.05, 3.63) is 53.9 Å². The molecule has 1 aromatic heterocycles. The Morgan fingerprint density at radius 1 is 0.806 bits per heavy atom. The molecule has 1 saturated heterocycles. The van der Waals surface area contributed by atoms with Crippen LogP contribution in [-0.2, 0) is 0 Å². The molecule has 3 aromatic rings. The van der Waals surface area contributed by atoms with Gasteiger partial charge in [0.05, 0.1) is 27.4 Å². The number of anilines is 1. The van der Waals surface area contributed by atoms with Gasteiger partial charge in [-0.25, -0.2) is 4.68 Å². The topological polar surface area (TPSA) is 77.8 Å². The molecule has 2 aromatic carbocycles. The van der Waals surface area contributed by atoms with E-state index in [0.717, 1.165) is 67.7 Å². The molecule has 5 rings (SSSR count). The fraction of sp³-hybridized carbons (Fsp3) is 0.519. The average molecular weight is 493 g/mol. The fourth-order valence-corrected chi connectivity index (χ4v) is 5.54. The predicted octanol–water partition coefficient (Wildman–Crippen LogP) is 4.12. The molecule has 1 aliphatic carbocycles. The molecule has 1 aliphatic heterocycles. The first-order chi connectivity index (χ1) is 17.7. The van der Waals surface area contributed by atoms with Crippen molar-refractivity contribution in [2.75, 3.05) is 52.4 Å². The monoisotopic (exact) mass is 492 g/mol. The van der Waals surface area contributed by atoms with E-state index < -0.39 is 0 Å². The van der Waals surface area contributed by atoms with Crippen molar-refractivity contribution in [1.29, 1.82) is 0 Å². The number of rotatable bonds is 8. The highest BCUT2D eigenvalue weighted by Gasteiger charge is 2.34. The van der Waals surface area contributed by atoms with Gasteiger partial charge in [-0.15, -0.1) is 5.10 Å². The second-order valence-corrected chi connectivity index (χ2v) is 9.50. The molecule has 0 radical (unpaired) electrons. The van der Waals surface area contributed by atoms with E-state index in [-0.39, 0.29) is 6.04 Å². The smallest absolute Gasteiger partial charge is 0.173 e. The van der Waals surface area contributed by atoms with Gasteiger partial charge in [0.2, 0.25) is 0 Å². The van der Waals surface area contributed by atoms with Gasteiger partial charge in [-0.1, -0.05) is 19.3 Å². The predicted molar refractivity (Wildman–Crippen MR) is 138 cm³/mol. The van der Waals surface area contributed by atoms with Crippen LogP contribution >= 0.6 is 0 Å². The zero-order chi connectivity index (χ0) is 24.9. The fourth-order valence-electron chi connectivity index (χ4n) is 5.54. The molecule has 1 saturated carbocycles. The summed E-state index contributed by atoms with van der Waals surface area (Å²) in [5.41, 5.74) is 2.27. The number of benzene rings is 2. The number of methoxy groups -OCH3 is 3. The van der Waals surface area contributed by atoms with Crippen molar-refractivity contribution in [2.45, 2.75) is 44.2 Å². The largest absolute Gasteiger partial charge is 0.497 e. The highest BCUT2D eigenvalue weighted by Crippen LogP contribution is 2.39. The van der Waals surface area contributed by atoms with Crippen LogP contribution in [0.5, 0.6) is 17.2 Å². The molecule has 0 bridgehead atoms. The summed E-state index contributed by atoms with van der Waals surface area (Å²) in [4.78, 5) is 4.90. The zero-order valence-corrected chi connectivity index (χ0v) is 21.5. The second-order valence-electron chi connectivity index (χ2n) is 9.50. The molecule has 0 unspecified atom stereocenters. The molecular weight excluding hydrogens is 456 g/mol. The Kier molecular flexibility index (Phi) is 7.55. The van der Waals surface area contributed by atoms with Gasteiger partial charge in [0, 0.05) is 43.5 Å². The summed E-state index contributed by atoms with van der Waals surface area (Å²) in [7, 11) is 5.08. The van der Waals surface area contributed by atoms with Crippen LogP contribution in [0.15, 0.2) is 42.5 Å². The Labute approximate surface area is 212 Å². The van der Waals surface area contributed by atoms with Crippen molar-refractivity contribution in [3.8, 4) is 17.2 Å². The first kappa shape index (κ1) is 24.4. The van der Waals surface area contributed by atoms with E-state index in [0.29, 0.717) is 6.04 Å². The maximum atomic E-state index is 5.85. The van der Waals surface area contributed by atoms with Gasteiger partial charge in [0.1, 0.15) is 23.3 Å². The number of aromatic nitrogens is 4. The quantitative estimate of drug-likeness (QED) is 0.465. The van der Waals surface area contributed by atoms with Crippen molar-refractivity contribution < 1.29 is 14.2 Å². The van der Waals surface area contributed by atoms with E-state index in [1.807, 2.05) is 24.3 Å². The van der Waals surface area contributed by atoms with E-state index >= 15 is 0 Å². The van der Waals surface area contributed by atoms with Crippen LogP contribution in [0.25, 0.3) is 0 Å². The number of nitrogens with zero attached hydrogens (tertiary/aromatic N) is 6. The van der Waals surface area contributed by atoms with E-state index in [4.69, 9.17) is 14.2 Å². The minimum absolute atomic E-state index is 0.110. The van der Waals surface area contributed by atoms with Crippen LogP contribution in [-0.4, -0.2) is 72.6 Å². The lowest BCUT2D eigenvalue weighted by molar-refractivity contribution is 0.190. The third-order valence-electron chi connectivity index (χ3n) is 7.54. The summed E-state index contributed by atoms with van der Waals surface area (Å²) >= 11 is 0. The average Bonchev–Trinajstić information content (AvgIpc) is 3.44. The van der Waals surface area contributed by atoms with E-state index in [1.54, 1.807) is 21.3 Å². The third kappa shape index (κ3) is 4.97. The number of hydrogen-bond donors (Lipinski definition) is 0. The number of ether oxygens (including phenoxy) is 3. The second kappa shape index (κ2) is 11.2. The summed E-state index contributed by atoms with van der Waals surface area (Å²) in [6.45, 7) is 3.57. The highest BCUT2D eigenvalue weighted by atomic mass is 16.5. The summed E-state index contributed by atoms with van der Waals surface area (Å²) in [6, 6.07) is 14.6. The van der Waals surface area contributed by atoms with Gasteiger partial charge in [-0.2, -0.15) is 0 Å². The van der Waals surface area contributed by atoms with Gasteiger partial charge in [0.25, 0.3) is 0 Å². The minimum atomic E-state index is -0.110. The molecule has 0 N–H and O–H groups in total. The maximum Gasteiger partial charge on any atom is 0.173 e. The zero-order valence-electron chi connectivity index (χ0n) is 21.5. The normalized spacial score (nSPS) is 18.1. The minimum Gasteiger partial charge on any atom is -0.497 e. The van der Waals surface area contributed by atoms with Gasteiger partial charge in [0.15, 0.2) is 5.82 Å². The number of piperazine rings is 1. The van der Waals surface area contributed by atoms with Gasteiger partial charge >= 0.3 is 0 Å². The summed E-state index contributed by atoms with van der Waals surface area (Å²) in [6.07, 6.45) is 5.98. The first-order valence-electron chi connectivity index (χ1n) is 12.8. The number of tetrazole rings is 1. The summed E-state index contributed by atoms with van der Waals surface area (Å²) in [5, 5.41) is 13.2. The molecule has 2 fully saturated rings. The van der Waals surface area contributed by atoms with Crippen LogP contribution in [0.3, 0.4) is 0 Å². The van der Waals surface area contributed by atoms with Gasteiger partial charge < -0.3 is 19.1 Å². The Bertz CT molecular complexity index is 1120. The van der Waals surface area contributed by atoms with E-state index in [2.05, 4.69) is 48.2 Å². The van der Waals surface area contributed by atoms with Crippen molar-refractivity contribution >= 4 is 5.69 Å². The lowest BCUT2D eigenvalue weighted by atomic mass is 9.94. The molecule has 9 nitrogen and oxygen atoms in total. The van der Waals surface area contributed by atoms with E-state index in [9.17, 15) is 0 Å². The maximum absolute atomic E-state index is 5.85. The summed E-state index contributed by atoms with van der Waals surface area (Å²) < 4.78 is 18.7. The molecule has 1 atom stereocenters. The van der Waals surface area contributed by atoms with Crippen molar-refractivity contribution in [2.24, 2.45) is 0 Å². The van der Waals surface area contributed by atoms with Gasteiger partial charge in [-0.3, -0.25) is 4.90 Å². The lowest BCUT2D eigenvalue weighted by Gasteiger charge is -2.40. The van der Waals surface area contributed by atoms with Crippen LogP contribution < -0.4 is 19.1 Å². The molecule has 2 aliphatic rings. The summed E-state index contributed by atoms with van der Waals surface area (Å²) in [5.74, 6) is 3.32. The number of hydrogen-bond acceptors (Lipinski definition) is 8. The lowest BCUT2D eigenvalue weighted by Crippen LogP contribution is -2.48. The van der Waals surface area contributed by atoms with Crippen LogP contribution in [0.2, 0.25) is 0 Å². The third-order valence-corrected chi connectivity index (χ3v) is 7.54. The van der Waals surface area contributed by atoms with Crippen molar-refractivity contribution in [3.63, 3.8) is 0 Å². The molecule has 0 amide bonds. The molecular formula is C27H36N6O3. The standard InChI is InChI=1S/C27H36N6O3/c1-34-22-11-9-20(10-12-22)31-15-17-32(18-16-31)26(24-14-13-23(35-2)19-25(24)36-3)27-28-29-30-33(27)21-7-5-4-6-8-21/h9-14,19,21,26H,4-8,15-18H2,1-3H3/t26-/m1/s1.